The third-order valence-corrected chi connectivity index (χ3v) is 3.47. The summed E-state index contributed by atoms with van der Waals surface area (Å²) in [6.07, 6.45) is 6.21. The summed E-state index contributed by atoms with van der Waals surface area (Å²) in [5.74, 6) is 1.32. The highest BCUT2D eigenvalue weighted by Crippen LogP contribution is 2.63. The van der Waals surface area contributed by atoms with Crippen molar-refractivity contribution >= 4 is 6.29 Å². The maximum Gasteiger partial charge on any atom is 0.123 e. The van der Waals surface area contributed by atoms with Crippen molar-refractivity contribution in [3.05, 3.63) is 0 Å². The minimum atomic E-state index is 0.407. The summed E-state index contributed by atoms with van der Waals surface area (Å²) in [6.45, 7) is 2.31. The number of hydrogen-bond donors (Lipinski definition) is 0. The molecule has 2 fully saturated rings. The summed E-state index contributed by atoms with van der Waals surface area (Å²) in [5.41, 5.74) is 0.644. The van der Waals surface area contributed by atoms with Crippen LogP contribution in [0, 0.1) is 17.3 Å². The van der Waals surface area contributed by atoms with Gasteiger partial charge in [0, 0.05) is 5.92 Å². The first-order valence-corrected chi connectivity index (χ1v) is 4.22. The molecule has 0 radical (unpaired) electrons. The van der Waals surface area contributed by atoms with Gasteiger partial charge in [-0.25, -0.2) is 0 Å². The first kappa shape index (κ1) is 6.38. The minimum absolute atomic E-state index is 0.407. The van der Waals surface area contributed by atoms with Gasteiger partial charge in [0.1, 0.15) is 6.29 Å². The predicted molar refractivity (Wildman–Crippen MR) is 39.6 cm³/mol. The predicted octanol–water partition coefficient (Wildman–Crippen LogP) is 2.01. The average Bonchev–Trinajstić information content (AvgIpc) is 2.43. The molecule has 0 saturated heterocycles. The molecule has 1 spiro atoms. The molecule has 2 unspecified atom stereocenters. The summed E-state index contributed by atoms with van der Waals surface area (Å²) in [6, 6.07) is 0. The van der Waals surface area contributed by atoms with E-state index in [0.29, 0.717) is 11.3 Å². The van der Waals surface area contributed by atoms with Crippen LogP contribution < -0.4 is 0 Å². The van der Waals surface area contributed by atoms with Crippen LogP contribution in [0.3, 0.4) is 0 Å². The Hall–Kier alpha value is -0.330. The molecule has 2 aliphatic carbocycles. The molecule has 0 N–H and O–H groups in total. The van der Waals surface area contributed by atoms with Crippen molar-refractivity contribution in [2.45, 2.75) is 32.6 Å². The molecule has 0 heterocycles. The van der Waals surface area contributed by atoms with Gasteiger partial charge in [-0.05, 0) is 37.0 Å². The van der Waals surface area contributed by atoms with Crippen molar-refractivity contribution in [3.63, 3.8) is 0 Å². The van der Waals surface area contributed by atoms with Gasteiger partial charge < -0.3 is 4.79 Å². The maximum absolute atomic E-state index is 10.4. The normalized spacial score (nSPS) is 51.7. The van der Waals surface area contributed by atoms with Crippen molar-refractivity contribution in [2.24, 2.45) is 17.3 Å². The molecule has 1 heteroatoms. The van der Waals surface area contributed by atoms with Gasteiger partial charge in [0.25, 0.3) is 0 Å². The van der Waals surface area contributed by atoms with Crippen LogP contribution in [-0.4, -0.2) is 6.29 Å². The number of rotatable bonds is 1. The molecule has 0 aromatic rings. The Morgan fingerprint density at radius 1 is 1.50 bits per heavy atom. The lowest BCUT2D eigenvalue weighted by atomic mass is 10.0. The van der Waals surface area contributed by atoms with Gasteiger partial charge in [0.2, 0.25) is 0 Å². The second kappa shape index (κ2) is 1.84. The molecule has 3 atom stereocenters. The molecule has 0 aliphatic heterocycles. The van der Waals surface area contributed by atoms with E-state index >= 15 is 0 Å². The Labute approximate surface area is 61.8 Å². The van der Waals surface area contributed by atoms with Gasteiger partial charge in [-0.3, -0.25) is 0 Å². The minimum Gasteiger partial charge on any atom is -0.303 e. The van der Waals surface area contributed by atoms with Gasteiger partial charge in [-0.1, -0.05) is 6.92 Å². The lowest BCUT2D eigenvalue weighted by Crippen LogP contribution is -1.98. The zero-order chi connectivity index (χ0) is 7.19. The maximum atomic E-state index is 10.4. The van der Waals surface area contributed by atoms with E-state index in [1.54, 1.807) is 0 Å². The number of carbonyl (C=O) groups excluding carboxylic acids is 1. The summed E-state index contributed by atoms with van der Waals surface area (Å²) >= 11 is 0. The molecule has 0 aromatic carbocycles. The van der Waals surface area contributed by atoms with E-state index in [0.717, 1.165) is 18.6 Å². The van der Waals surface area contributed by atoms with E-state index in [9.17, 15) is 4.79 Å². The molecule has 2 aliphatic rings. The van der Waals surface area contributed by atoms with Crippen LogP contribution in [0.2, 0.25) is 0 Å². The van der Waals surface area contributed by atoms with Crippen LogP contribution in [0.15, 0.2) is 0 Å². The van der Waals surface area contributed by atoms with Gasteiger partial charge in [0.05, 0.1) is 0 Å². The van der Waals surface area contributed by atoms with Crippen molar-refractivity contribution in [2.75, 3.05) is 0 Å². The zero-order valence-electron chi connectivity index (χ0n) is 6.47. The van der Waals surface area contributed by atoms with Gasteiger partial charge in [0.15, 0.2) is 0 Å². The number of hydrogen-bond acceptors (Lipinski definition) is 1. The molecule has 10 heavy (non-hydrogen) atoms. The summed E-state index contributed by atoms with van der Waals surface area (Å²) in [4.78, 5) is 10.4. The SMILES string of the molecule is CC1CC12CC[C@@H](C=O)C2. The van der Waals surface area contributed by atoms with E-state index in [1.807, 2.05) is 0 Å². The van der Waals surface area contributed by atoms with E-state index in [2.05, 4.69) is 6.92 Å². The van der Waals surface area contributed by atoms with Crippen LogP contribution in [0.1, 0.15) is 32.6 Å². The number of aldehydes is 1. The van der Waals surface area contributed by atoms with Crippen molar-refractivity contribution < 1.29 is 4.79 Å². The second-order valence-corrected chi connectivity index (χ2v) is 4.11. The largest absolute Gasteiger partial charge is 0.303 e. The highest BCUT2D eigenvalue weighted by molar-refractivity contribution is 5.54. The van der Waals surface area contributed by atoms with Crippen LogP contribution in [0.4, 0.5) is 0 Å². The quantitative estimate of drug-likeness (QED) is 0.506. The van der Waals surface area contributed by atoms with Crippen molar-refractivity contribution in [1.82, 2.24) is 0 Å². The van der Waals surface area contributed by atoms with Gasteiger partial charge in [-0.2, -0.15) is 0 Å². The monoisotopic (exact) mass is 138 g/mol. The van der Waals surface area contributed by atoms with Crippen LogP contribution in [0.5, 0.6) is 0 Å². The Bertz CT molecular complexity index is 164. The molecule has 56 valence electrons. The number of carbonyl (C=O) groups is 1. The van der Waals surface area contributed by atoms with E-state index in [1.165, 1.54) is 19.3 Å². The fourth-order valence-corrected chi connectivity index (χ4v) is 2.50. The molecular formula is C9H14O. The first-order chi connectivity index (χ1) is 4.77. The summed E-state index contributed by atoms with van der Waals surface area (Å²) in [5, 5.41) is 0. The van der Waals surface area contributed by atoms with E-state index in [-0.39, 0.29) is 0 Å². The first-order valence-electron chi connectivity index (χ1n) is 4.22. The topological polar surface area (TPSA) is 17.1 Å². The van der Waals surface area contributed by atoms with Gasteiger partial charge in [-0.15, -0.1) is 0 Å². The summed E-state index contributed by atoms with van der Waals surface area (Å²) in [7, 11) is 0. The highest BCUT2D eigenvalue weighted by atomic mass is 16.1. The smallest absolute Gasteiger partial charge is 0.123 e. The highest BCUT2D eigenvalue weighted by Gasteiger charge is 2.54. The van der Waals surface area contributed by atoms with Crippen molar-refractivity contribution in [1.29, 1.82) is 0 Å². The van der Waals surface area contributed by atoms with Crippen LogP contribution >= 0.6 is 0 Å². The Kier molecular flexibility index (Phi) is 1.17. The molecule has 1 nitrogen and oxygen atoms in total. The molecule has 0 aromatic heterocycles. The third-order valence-electron chi connectivity index (χ3n) is 3.47. The fourth-order valence-electron chi connectivity index (χ4n) is 2.50. The zero-order valence-corrected chi connectivity index (χ0v) is 6.47. The third kappa shape index (κ3) is 0.727. The Balaban J connectivity index is 2.00. The van der Waals surface area contributed by atoms with E-state index in [4.69, 9.17) is 0 Å². The molecule has 2 rings (SSSR count). The van der Waals surface area contributed by atoms with Crippen LogP contribution in [0.25, 0.3) is 0 Å². The average molecular weight is 138 g/mol. The van der Waals surface area contributed by atoms with Gasteiger partial charge >= 0.3 is 0 Å². The second-order valence-electron chi connectivity index (χ2n) is 4.11. The Morgan fingerprint density at radius 3 is 2.50 bits per heavy atom. The standard InChI is InChI=1S/C9H14O/c1-7-4-9(7)3-2-8(5-9)6-10/h6-8H,2-5H2,1H3/t7?,8-,9?/m1/s1. The van der Waals surface area contributed by atoms with Crippen LogP contribution in [-0.2, 0) is 4.79 Å². The van der Waals surface area contributed by atoms with Crippen molar-refractivity contribution in [3.8, 4) is 0 Å². The fraction of sp³-hybridized carbons (Fsp3) is 0.889. The molecule has 0 bridgehead atoms. The summed E-state index contributed by atoms with van der Waals surface area (Å²) < 4.78 is 0. The molecule has 0 amide bonds. The molecule has 2 saturated carbocycles. The lowest BCUT2D eigenvalue weighted by Gasteiger charge is -2.03. The lowest BCUT2D eigenvalue weighted by molar-refractivity contribution is -0.111. The van der Waals surface area contributed by atoms with E-state index < -0.39 is 0 Å². The Morgan fingerprint density at radius 2 is 2.20 bits per heavy atom. The molecular weight excluding hydrogens is 124 g/mol.